The van der Waals surface area contributed by atoms with E-state index in [-0.39, 0.29) is 5.38 Å². The van der Waals surface area contributed by atoms with Gasteiger partial charge in [-0.15, -0.1) is 11.6 Å². The largest absolute Gasteiger partial charge is 0.354 e. The lowest BCUT2D eigenvalue weighted by molar-refractivity contribution is 0.432. The maximum absolute atomic E-state index is 6.39. The third-order valence-corrected chi connectivity index (χ3v) is 3.84. The van der Waals surface area contributed by atoms with E-state index in [1.807, 2.05) is 6.92 Å². The fourth-order valence-corrected chi connectivity index (χ4v) is 2.86. The minimum absolute atomic E-state index is 0.236. The Bertz CT molecular complexity index is 356. The van der Waals surface area contributed by atoms with Crippen LogP contribution in [-0.4, -0.2) is 28.4 Å². The molecule has 0 spiro atoms. The molecule has 0 amide bonds. The van der Waals surface area contributed by atoms with Crippen molar-refractivity contribution < 1.29 is 0 Å². The summed E-state index contributed by atoms with van der Waals surface area (Å²) in [6, 6.07) is 0.394. The van der Waals surface area contributed by atoms with E-state index in [0.29, 0.717) is 6.04 Å². The number of hydrogen-bond donors (Lipinski definition) is 0. The van der Waals surface area contributed by atoms with Crippen LogP contribution in [0, 0.1) is 6.92 Å². The third-order valence-electron chi connectivity index (χ3n) is 3.33. The molecule has 0 radical (unpaired) electrons. The highest BCUT2D eigenvalue weighted by Gasteiger charge is 2.28. The van der Waals surface area contributed by atoms with Crippen LogP contribution in [0.1, 0.15) is 31.4 Å². The molecule has 1 aromatic heterocycles. The van der Waals surface area contributed by atoms with Crippen LogP contribution in [0.15, 0.2) is 12.4 Å². The van der Waals surface area contributed by atoms with E-state index in [2.05, 4.69) is 21.9 Å². The molecule has 0 saturated heterocycles. The van der Waals surface area contributed by atoms with Gasteiger partial charge in [0.2, 0.25) is 0 Å². The Kier molecular flexibility index (Phi) is 3.64. The molecule has 0 aliphatic heterocycles. The SMILES string of the molecule is Cc1nccnc1N(C)C1CCCCC1Cl. The quantitative estimate of drug-likeness (QED) is 0.744. The van der Waals surface area contributed by atoms with E-state index in [1.165, 1.54) is 12.8 Å². The van der Waals surface area contributed by atoms with Crippen LogP contribution >= 0.6 is 11.6 Å². The van der Waals surface area contributed by atoms with Crippen molar-refractivity contribution in [1.29, 1.82) is 0 Å². The maximum atomic E-state index is 6.39. The van der Waals surface area contributed by atoms with Crippen molar-refractivity contribution in [3.05, 3.63) is 18.1 Å². The Morgan fingerprint density at radius 2 is 1.94 bits per heavy atom. The molecule has 2 unspecified atom stereocenters. The van der Waals surface area contributed by atoms with Crippen LogP contribution in [-0.2, 0) is 0 Å². The van der Waals surface area contributed by atoms with Crippen LogP contribution in [0.25, 0.3) is 0 Å². The third kappa shape index (κ3) is 2.29. The summed E-state index contributed by atoms with van der Waals surface area (Å²) in [6.07, 6.45) is 8.24. The Morgan fingerprint density at radius 1 is 1.25 bits per heavy atom. The number of hydrogen-bond acceptors (Lipinski definition) is 3. The normalized spacial score (nSPS) is 25.4. The zero-order valence-electron chi connectivity index (χ0n) is 9.86. The summed E-state index contributed by atoms with van der Waals surface area (Å²) in [6.45, 7) is 1.99. The van der Waals surface area contributed by atoms with Crippen molar-refractivity contribution >= 4 is 17.4 Å². The van der Waals surface area contributed by atoms with Crippen LogP contribution in [0.4, 0.5) is 5.82 Å². The number of alkyl halides is 1. The summed E-state index contributed by atoms with van der Waals surface area (Å²) in [5.41, 5.74) is 0.972. The molecule has 88 valence electrons. The number of rotatable bonds is 2. The second kappa shape index (κ2) is 5.00. The van der Waals surface area contributed by atoms with E-state index in [4.69, 9.17) is 11.6 Å². The van der Waals surface area contributed by atoms with Gasteiger partial charge in [-0.05, 0) is 19.8 Å². The topological polar surface area (TPSA) is 29.0 Å². The molecular weight excluding hydrogens is 222 g/mol. The first-order chi connectivity index (χ1) is 7.70. The lowest BCUT2D eigenvalue weighted by Gasteiger charge is -2.35. The van der Waals surface area contributed by atoms with Gasteiger partial charge in [-0.3, -0.25) is 4.98 Å². The minimum atomic E-state index is 0.236. The van der Waals surface area contributed by atoms with Crippen molar-refractivity contribution in [2.45, 2.75) is 44.0 Å². The van der Waals surface area contributed by atoms with Crippen LogP contribution in [0.5, 0.6) is 0 Å². The monoisotopic (exact) mass is 239 g/mol. The van der Waals surface area contributed by atoms with Gasteiger partial charge in [0, 0.05) is 25.5 Å². The Labute approximate surface area is 102 Å². The lowest BCUT2D eigenvalue weighted by Crippen LogP contribution is -2.41. The number of halogens is 1. The molecule has 16 heavy (non-hydrogen) atoms. The van der Waals surface area contributed by atoms with Crippen LogP contribution in [0.2, 0.25) is 0 Å². The average molecular weight is 240 g/mol. The molecule has 0 bridgehead atoms. The van der Waals surface area contributed by atoms with E-state index in [9.17, 15) is 0 Å². The number of nitrogens with zero attached hydrogens (tertiary/aromatic N) is 3. The standard InChI is InChI=1S/C12H18ClN3/c1-9-12(15-8-7-14-9)16(2)11-6-4-3-5-10(11)13/h7-8,10-11H,3-6H2,1-2H3. The van der Waals surface area contributed by atoms with Crippen molar-refractivity contribution in [3.63, 3.8) is 0 Å². The van der Waals surface area contributed by atoms with E-state index in [0.717, 1.165) is 24.4 Å². The number of aromatic nitrogens is 2. The first-order valence-electron chi connectivity index (χ1n) is 5.84. The highest BCUT2D eigenvalue weighted by Crippen LogP contribution is 2.29. The van der Waals surface area contributed by atoms with Crippen LogP contribution in [0.3, 0.4) is 0 Å². The summed E-state index contributed by atoms with van der Waals surface area (Å²) in [5.74, 6) is 0.958. The van der Waals surface area contributed by atoms with Gasteiger partial charge in [0.15, 0.2) is 0 Å². The van der Waals surface area contributed by atoms with Gasteiger partial charge in [0.1, 0.15) is 5.82 Å². The maximum Gasteiger partial charge on any atom is 0.150 e. The molecule has 0 aromatic carbocycles. The van der Waals surface area contributed by atoms with Gasteiger partial charge < -0.3 is 4.90 Å². The molecule has 1 aromatic rings. The van der Waals surface area contributed by atoms with E-state index < -0.39 is 0 Å². The molecule has 4 heteroatoms. The van der Waals surface area contributed by atoms with Crippen molar-refractivity contribution in [2.75, 3.05) is 11.9 Å². The van der Waals surface area contributed by atoms with Crippen molar-refractivity contribution in [3.8, 4) is 0 Å². The van der Waals surface area contributed by atoms with Crippen molar-refractivity contribution in [2.24, 2.45) is 0 Å². The molecule has 3 nitrogen and oxygen atoms in total. The Hall–Kier alpha value is -0.830. The Morgan fingerprint density at radius 3 is 2.62 bits per heavy atom. The fourth-order valence-electron chi connectivity index (χ4n) is 2.41. The summed E-state index contributed by atoms with van der Waals surface area (Å²) >= 11 is 6.39. The molecule has 1 fully saturated rings. The molecule has 1 aliphatic rings. The number of aryl methyl sites for hydroxylation is 1. The van der Waals surface area contributed by atoms with Crippen LogP contribution < -0.4 is 4.90 Å². The summed E-state index contributed by atoms with van der Waals surface area (Å²) in [4.78, 5) is 10.9. The molecule has 2 rings (SSSR count). The minimum Gasteiger partial charge on any atom is -0.354 e. The summed E-state index contributed by atoms with van der Waals surface area (Å²) < 4.78 is 0. The predicted octanol–water partition coefficient (Wildman–Crippen LogP) is 2.77. The van der Waals surface area contributed by atoms with Gasteiger partial charge in [-0.1, -0.05) is 12.8 Å². The Balaban J connectivity index is 2.17. The van der Waals surface area contributed by atoms with Gasteiger partial charge >= 0.3 is 0 Å². The fraction of sp³-hybridized carbons (Fsp3) is 0.667. The first-order valence-corrected chi connectivity index (χ1v) is 6.28. The molecule has 1 heterocycles. The highest BCUT2D eigenvalue weighted by molar-refractivity contribution is 6.21. The smallest absolute Gasteiger partial charge is 0.150 e. The van der Waals surface area contributed by atoms with Crippen molar-refractivity contribution in [1.82, 2.24) is 9.97 Å². The molecule has 0 N–H and O–H groups in total. The second-order valence-electron chi connectivity index (χ2n) is 4.44. The van der Waals surface area contributed by atoms with E-state index in [1.54, 1.807) is 12.4 Å². The molecular formula is C12H18ClN3. The summed E-state index contributed by atoms with van der Waals surface area (Å²) in [7, 11) is 2.07. The van der Waals surface area contributed by atoms with Gasteiger partial charge in [0.25, 0.3) is 0 Å². The highest BCUT2D eigenvalue weighted by atomic mass is 35.5. The van der Waals surface area contributed by atoms with Gasteiger partial charge in [-0.2, -0.15) is 0 Å². The second-order valence-corrected chi connectivity index (χ2v) is 5.00. The summed E-state index contributed by atoms with van der Waals surface area (Å²) in [5, 5.41) is 0.236. The molecule has 2 atom stereocenters. The molecule has 1 aliphatic carbocycles. The van der Waals surface area contributed by atoms with Gasteiger partial charge in [0.05, 0.1) is 11.1 Å². The zero-order chi connectivity index (χ0) is 11.5. The zero-order valence-corrected chi connectivity index (χ0v) is 10.6. The first kappa shape index (κ1) is 11.6. The lowest BCUT2D eigenvalue weighted by atomic mass is 9.94. The predicted molar refractivity (Wildman–Crippen MR) is 67.1 cm³/mol. The molecule has 1 saturated carbocycles. The number of anilines is 1. The van der Waals surface area contributed by atoms with E-state index >= 15 is 0 Å². The average Bonchev–Trinajstić information content (AvgIpc) is 2.29. The van der Waals surface area contributed by atoms with Gasteiger partial charge in [-0.25, -0.2) is 4.98 Å².